The molecular formula is C58H66F2N8O7. The molecule has 394 valence electrons. The van der Waals surface area contributed by atoms with E-state index in [0.29, 0.717) is 84.1 Å². The SMILES string of the molecule is C#Cc1c(F)ccc2cc(O)cc(-c3ccc4c(N5CCC[C@@](C)(O)C5)nc(OCC5(CN6CCN(CC7CCC8(CC7)CCN(C(=O)c7ccc(OC)c(N9CCC(=O)NC9=O)c7)CC8)CC6)CC5)nc4c3F)c12. The Hall–Kier alpha value is -6.61. The van der Waals surface area contributed by atoms with Crippen LogP contribution in [0.25, 0.3) is 32.8 Å². The first kappa shape index (κ1) is 50.5. The summed E-state index contributed by atoms with van der Waals surface area (Å²) >= 11 is 0. The number of phenolic OH excluding ortho intramolecular Hbond substituents is 1. The number of piperazine rings is 1. The number of anilines is 2. The number of piperidine rings is 2. The predicted molar refractivity (Wildman–Crippen MR) is 282 cm³/mol. The van der Waals surface area contributed by atoms with Crippen LogP contribution in [0, 0.1) is 40.7 Å². The summed E-state index contributed by atoms with van der Waals surface area (Å²) in [5.41, 5.74) is 0.535. The van der Waals surface area contributed by atoms with Gasteiger partial charge in [-0.3, -0.25) is 19.8 Å². The van der Waals surface area contributed by atoms with E-state index in [1.807, 2.05) is 9.80 Å². The number of phenols is 1. The molecule has 2 saturated carbocycles. The zero-order valence-electron chi connectivity index (χ0n) is 42.9. The van der Waals surface area contributed by atoms with Crippen molar-refractivity contribution in [2.75, 3.05) is 95.5 Å². The van der Waals surface area contributed by atoms with Crippen molar-refractivity contribution in [1.82, 2.24) is 30.0 Å². The lowest BCUT2D eigenvalue weighted by molar-refractivity contribution is -0.120. The number of rotatable bonds is 12. The summed E-state index contributed by atoms with van der Waals surface area (Å²) in [4.78, 5) is 58.3. The van der Waals surface area contributed by atoms with Crippen LogP contribution in [0.5, 0.6) is 17.5 Å². The van der Waals surface area contributed by atoms with E-state index in [0.717, 1.165) is 71.4 Å². The van der Waals surface area contributed by atoms with Gasteiger partial charge in [0.1, 0.15) is 28.7 Å². The second kappa shape index (κ2) is 20.2. The van der Waals surface area contributed by atoms with Gasteiger partial charge in [-0.2, -0.15) is 9.97 Å². The highest BCUT2D eigenvalue weighted by Crippen LogP contribution is 2.49. The first-order valence-electron chi connectivity index (χ1n) is 26.7. The minimum atomic E-state index is -0.967. The number of hydrogen-bond acceptors (Lipinski definition) is 12. The summed E-state index contributed by atoms with van der Waals surface area (Å²) in [6.07, 6.45) is 16.0. The number of urea groups is 1. The highest BCUT2D eigenvalue weighted by atomic mass is 19.1. The number of amides is 4. The molecule has 4 aliphatic heterocycles. The molecule has 4 saturated heterocycles. The monoisotopic (exact) mass is 1020 g/mol. The third kappa shape index (κ3) is 10.3. The minimum absolute atomic E-state index is 0.0213. The van der Waals surface area contributed by atoms with Crippen LogP contribution in [0.4, 0.5) is 25.1 Å². The first-order valence-corrected chi connectivity index (χ1v) is 26.7. The number of halogens is 2. The average molecular weight is 1030 g/mol. The number of benzene rings is 4. The fourth-order valence-electron chi connectivity index (χ4n) is 12.7. The molecule has 4 aromatic carbocycles. The fraction of sp³-hybridized carbons (Fsp3) is 0.500. The second-order valence-electron chi connectivity index (χ2n) is 22.6. The van der Waals surface area contributed by atoms with Gasteiger partial charge in [0, 0.05) is 106 Å². The van der Waals surface area contributed by atoms with Gasteiger partial charge < -0.3 is 39.3 Å². The molecule has 0 unspecified atom stereocenters. The number of methoxy groups -OCH3 is 1. The van der Waals surface area contributed by atoms with E-state index in [1.54, 1.807) is 37.3 Å². The summed E-state index contributed by atoms with van der Waals surface area (Å²) in [5.74, 6) is 2.22. The van der Waals surface area contributed by atoms with E-state index in [9.17, 15) is 24.6 Å². The smallest absolute Gasteiger partial charge is 0.328 e. The minimum Gasteiger partial charge on any atom is -0.508 e. The topological polar surface area (TPSA) is 164 Å². The van der Waals surface area contributed by atoms with Crippen molar-refractivity contribution in [3.63, 3.8) is 0 Å². The molecule has 2 aliphatic carbocycles. The van der Waals surface area contributed by atoms with E-state index in [4.69, 9.17) is 25.9 Å². The van der Waals surface area contributed by atoms with Gasteiger partial charge in [-0.25, -0.2) is 13.6 Å². The summed E-state index contributed by atoms with van der Waals surface area (Å²) in [6, 6.07) is 13.6. The standard InChI is InChI=1S/C58H66F2N8O7/c1-4-41-45(59)10-6-38-30-40(69)32-44(49(38)41)42-8-9-43-51(50(42)60)62-54(63-52(43)67-22-5-15-56(2,73)34-67)75-36-58(18-19-58)35-65-28-26-64(27-29-65)33-37-12-16-57(17-13-37)20-24-66(25-21-57)53(71)39-7-11-47(74-3)46(31-39)68-23-14-48(70)61-55(68)72/h1,6-11,30-32,37,69,73H,5,12-29,33-36H2,2-3H3,(H,61,70,72)/t56-/m1/s1. The molecule has 17 heteroatoms. The lowest BCUT2D eigenvalue weighted by atomic mass is 9.65. The number of terminal acetylenes is 1. The number of ether oxygens (including phenoxy) is 2. The second-order valence-corrected chi connectivity index (χ2v) is 22.6. The molecule has 1 spiro atoms. The van der Waals surface area contributed by atoms with Gasteiger partial charge in [-0.1, -0.05) is 18.1 Å². The molecule has 5 heterocycles. The predicted octanol–water partition coefficient (Wildman–Crippen LogP) is 8.11. The van der Waals surface area contributed by atoms with Crippen molar-refractivity contribution in [3.8, 4) is 41.0 Å². The third-order valence-corrected chi connectivity index (χ3v) is 17.3. The number of carbonyl (C=O) groups excluding carboxylic acids is 3. The van der Waals surface area contributed by atoms with Gasteiger partial charge >= 0.3 is 12.0 Å². The number of aromatic hydroxyl groups is 1. The number of hydrogen-bond donors (Lipinski definition) is 3. The van der Waals surface area contributed by atoms with Crippen molar-refractivity contribution < 1.29 is 42.9 Å². The molecule has 1 aromatic heterocycles. The summed E-state index contributed by atoms with van der Waals surface area (Å²) in [5, 5.41) is 25.4. The zero-order chi connectivity index (χ0) is 52.2. The first-order chi connectivity index (χ1) is 36.1. The maximum Gasteiger partial charge on any atom is 0.328 e. The molecule has 6 aliphatic rings. The van der Waals surface area contributed by atoms with Gasteiger partial charge in [-0.05, 0) is 136 Å². The van der Waals surface area contributed by atoms with Crippen LogP contribution in [-0.2, 0) is 4.79 Å². The number of β-amino-alcohol motifs (C(OH)–C–C–N with tert-alkyl or cyclic N) is 1. The number of carbonyl (C=O) groups is 3. The van der Waals surface area contributed by atoms with Crippen LogP contribution in [0.3, 0.4) is 0 Å². The summed E-state index contributed by atoms with van der Waals surface area (Å²) in [7, 11) is 1.52. The van der Waals surface area contributed by atoms with Crippen molar-refractivity contribution in [1.29, 1.82) is 0 Å². The maximum absolute atomic E-state index is 17.2. The average Bonchev–Trinajstić information content (AvgIpc) is 4.18. The Morgan fingerprint density at radius 2 is 1.64 bits per heavy atom. The van der Waals surface area contributed by atoms with Crippen molar-refractivity contribution in [2.45, 2.75) is 83.2 Å². The molecular weight excluding hydrogens is 959 g/mol. The fourth-order valence-corrected chi connectivity index (χ4v) is 12.7. The van der Waals surface area contributed by atoms with E-state index < -0.39 is 23.3 Å². The Balaban J connectivity index is 0.696. The highest BCUT2D eigenvalue weighted by Gasteiger charge is 2.46. The van der Waals surface area contributed by atoms with Gasteiger partial charge in [0.05, 0.1) is 30.6 Å². The van der Waals surface area contributed by atoms with E-state index in [2.05, 4.69) is 21.0 Å². The lowest BCUT2D eigenvalue weighted by Crippen LogP contribution is -2.50. The number of nitrogens with zero attached hydrogens (tertiary/aromatic N) is 7. The van der Waals surface area contributed by atoms with E-state index >= 15 is 8.78 Å². The number of aliphatic hydroxyl groups is 1. The van der Waals surface area contributed by atoms with E-state index in [1.165, 1.54) is 62.0 Å². The third-order valence-electron chi connectivity index (χ3n) is 17.3. The maximum atomic E-state index is 17.2. The summed E-state index contributed by atoms with van der Waals surface area (Å²) < 4.78 is 44.2. The van der Waals surface area contributed by atoms with Crippen molar-refractivity contribution >= 4 is 51.0 Å². The van der Waals surface area contributed by atoms with Crippen LogP contribution in [-0.4, -0.2) is 144 Å². The Labute approximate surface area is 436 Å². The molecule has 75 heavy (non-hydrogen) atoms. The van der Waals surface area contributed by atoms with Crippen LogP contribution in [0.15, 0.2) is 54.6 Å². The molecule has 4 amide bonds. The quantitative estimate of drug-likeness (QED) is 0.103. The van der Waals surface area contributed by atoms with Crippen molar-refractivity contribution in [3.05, 3.63) is 77.4 Å². The van der Waals surface area contributed by atoms with Gasteiger partial charge in [0.15, 0.2) is 5.82 Å². The molecule has 0 radical (unpaired) electrons. The normalized spacial score (nSPS) is 22.4. The number of likely N-dealkylation sites (tertiary alicyclic amines) is 1. The largest absolute Gasteiger partial charge is 0.508 e. The van der Waals surface area contributed by atoms with E-state index in [-0.39, 0.29) is 69.6 Å². The molecule has 5 aromatic rings. The van der Waals surface area contributed by atoms with Gasteiger partial charge in [0.2, 0.25) is 5.91 Å². The van der Waals surface area contributed by atoms with Crippen LogP contribution >= 0.6 is 0 Å². The van der Waals surface area contributed by atoms with Crippen molar-refractivity contribution in [2.24, 2.45) is 16.7 Å². The number of fused-ring (bicyclic) bond motifs is 2. The highest BCUT2D eigenvalue weighted by molar-refractivity contribution is 6.07. The number of nitrogens with one attached hydrogen (secondary N) is 1. The van der Waals surface area contributed by atoms with Crippen LogP contribution in [0.1, 0.15) is 93.5 Å². The molecule has 1 atom stereocenters. The molecule has 0 bridgehead atoms. The molecule has 15 nitrogen and oxygen atoms in total. The lowest BCUT2D eigenvalue weighted by Gasteiger charge is -2.47. The zero-order valence-corrected chi connectivity index (χ0v) is 42.9. The van der Waals surface area contributed by atoms with Gasteiger partial charge in [0.25, 0.3) is 5.91 Å². The Bertz CT molecular complexity index is 3100. The molecule has 3 N–H and O–H groups in total. The Morgan fingerprint density at radius 3 is 2.35 bits per heavy atom. The number of imide groups is 1. The Morgan fingerprint density at radius 1 is 0.880 bits per heavy atom. The molecule has 11 rings (SSSR count). The number of aromatic nitrogens is 2. The molecule has 6 fully saturated rings. The Kier molecular flexibility index (Phi) is 13.6. The van der Waals surface area contributed by atoms with Crippen LogP contribution in [0.2, 0.25) is 0 Å². The van der Waals surface area contributed by atoms with Crippen LogP contribution < -0.4 is 24.6 Å². The summed E-state index contributed by atoms with van der Waals surface area (Å²) in [6.45, 7) is 10.6. The van der Waals surface area contributed by atoms with Gasteiger partial charge in [-0.15, -0.1) is 6.42 Å².